The molecular formula is C21H24ClN3O5S. The van der Waals surface area contributed by atoms with Gasteiger partial charge in [-0.25, -0.2) is 8.42 Å². The smallest absolute Gasteiger partial charge is 0.309 e. The van der Waals surface area contributed by atoms with E-state index in [1.165, 1.54) is 29.7 Å². The SMILES string of the molecule is Cc1ccc(Cl)cc1NC(=O)C(C)OC(=O)C1CCN(S(=O)(=O)c2cccnc2)CC1. The molecule has 0 radical (unpaired) electrons. The molecule has 3 rings (SSSR count). The number of aryl methyl sites for hydroxylation is 1. The number of carbonyl (C=O) groups excluding carboxylic acids is 2. The van der Waals surface area contributed by atoms with E-state index in [9.17, 15) is 18.0 Å². The minimum absolute atomic E-state index is 0.123. The van der Waals surface area contributed by atoms with E-state index >= 15 is 0 Å². The highest BCUT2D eigenvalue weighted by molar-refractivity contribution is 7.89. The predicted octanol–water partition coefficient (Wildman–Crippen LogP) is 3.01. The zero-order valence-electron chi connectivity index (χ0n) is 17.2. The maximum Gasteiger partial charge on any atom is 0.309 e. The molecule has 0 bridgehead atoms. The molecule has 1 aromatic carbocycles. The monoisotopic (exact) mass is 465 g/mol. The Morgan fingerprint density at radius 3 is 2.61 bits per heavy atom. The lowest BCUT2D eigenvalue weighted by molar-refractivity contribution is -0.158. The van der Waals surface area contributed by atoms with Crippen molar-refractivity contribution in [2.75, 3.05) is 18.4 Å². The van der Waals surface area contributed by atoms with Crippen molar-refractivity contribution in [2.45, 2.75) is 37.7 Å². The third-order valence-corrected chi connectivity index (χ3v) is 7.30. The Labute approximate surface area is 186 Å². The highest BCUT2D eigenvalue weighted by Gasteiger charge is 2.34. The number of pyridine rings is 1. The van der Waals surface area contributed by atoms with Gasteiger partial charge in [0.2, 0.25) is 10.0 Å². The zero-order valence-corrected chi connectivity index (χ0v) is 18.8. The summed E-state index contributed by atoms with van der Waals surface area (Å²) in [4.78, 5) is 28.9. The van der Waals surface area contributed by atoms with Gasteiger partial charge in [0, 0.05) is 36.2 Å². The number of hydrogen-bond acceptors (Lipinski definition) is 6. The first-order valence-corrected chi connectivity index (χ1v) is 11.7. The highest BCUT2D eigenvalue weighted by atomic mass is 35.5. The average molecular weight is 466 g/mol. The minimum atomic E-state index is -3.65. The molecule has 1 N–H and O–H groups in total. The number of nitrogens with one attached hydrogen (secondary N) is 1. The van der Waals surface area contributed by atoms with Crippen molar-refractivity contribution in [1.82, 2.24) is 9.29 Å². The van der Waals surface area contributed by atoms with Crippen molar-refractivity contribution in [1.29, 1.82) is 0 Å². The van der Waals surface area contributed by atoms with E-state index in [2.05, 4.69) is 10.3 Å². The molecule has 0 aliphatic carbocycles. The van der Waals surface area contributed by atoms with Crippen LogP contribution in [-0.4, -0.2) is 48.8 Å². The van der Waals surface area contributed by atoms with Gasteiger partial charge in [0.15, 0.2) is 6.10 Å². The maximum absolute atomic E-state index is 12.7. The lowest BCUT2D eigenvalue weighted by Crippen LogP contribution is -2.41. The van der Waals surface area contributed by atoms with Crippen molar-refractivity contribution in [2.24, 2.45) is 5.92 Å². The van der Waals surface area contributed by atoms with Crippen molar-refractivity contribution in [3.05, 3.63) is 53.3 Å². The quantitative estimate of drug-likeness (QED) is 0.657. The largest absolute Gasteiger partial charge is 0.452 e. The predicted molar refractivity (Wildman–Crippen MR) is 116 cm³/mol. The summed E-state index contributed by atoms with van der Waals surface area (Å²) >= 11 is 5.96. The summed E-state index contributed by atoms with van der Waals surface area (Å²) < 4.78 is 32.0. The number of piperidine rings is 1. The summed E-state index contributed by atoms with van der Waals surface area (Å²) in [5, 5.41) is 3.19. The van der Waals surface area contributed by atoms with Gasteiger partial charge in [-0.15, -0.1) is 0 Å². The van der Waals surface area contributed by atoms with E-state index in [-0.39, 0.29) is 18.0 Å². The Balaban J connectivity index is 1.53. The van der Waals surface area contributed by atoms with E-state index in [1.54, 1.807) is 24.3 Å². The number of halogens is 1. The van der Waals surface area contributed by atoms with Crippen LogP contribution in [0, 0.1) is 12.8 Å². The molecule has 8 nitrogen and oxygen atoms in total. The summed E-state index contributed by atoms with van der Waals surface area (Å²) in [5.41, 5.74) is 1.38. The summed E-state index contributed by atoms with van der Waals surface area (Å²) in [6, 6.07) is 8.18. The first-order valence-electron chi connectivity index (χ1n) is 9.86. The molecule has 1 unspecified atom stereocenters. The van der Waals surface area contributed by atoms with Crippen LogP contribution < -0.4 is 5.32 Å². The normalized spacial score (nSPS) is 16.5. The first-order chi connectivity index (χ1) is 14.7. The fraction of sp³-hybridized carbons (Fsp3) is 0.381. The van der Waals surface area contributed by atoms with E-state index in [1.807, 2.05) is 6.92 Å². The van der Waals surface area contributed by atoms with Crippen LogP contribution in [0.2, 0.25) is 5.02 Å². The molecule has 2 aromatic rings. The number of anilines is 1. The second-order valence-corrected chi connectivity index (χ2v) is 9.77. The van der Waals surface area contributed by atoms with E-state index in [4.69, 9.17) is 16.3 Å². The van der Waals surface area contributed by atoms with Gasteiger partial charge in [-0.05, 0) is 56.5 Å². The summed E-state index contributed by atoms with van der Waals surface area (Å²) in [7, 11) is -3.65. The number of carbonyl (C=O) groups is 2. The minimum Gasteiger partial charge on any atom is -0.452 e. The van der Waals surface area contributed by atoms with E-state index in [0.29, 0.717) is 23.6 Å². The number of aromatic nitrogens is 1. The number of hydrogen-bond donors (Lipinski definition) is 1. The van der Waals surface area contributed by atoms with E-state index < -0.39 is 33.9 Å². The molecule has 1 saturated heterocycles. The number of ether oxygens (including phenoxy) is 1. The molecule has 2 heterocycles. The molecule has 166 valence electrons. The van der Waals surface area contributed by atoms with Crippen LogP contribution in [-0.2, 0) is 24.3 Å². The molecule has 0 spiro atoms. The van der Waals surface area contributed by atoms with Gasteiger partial charge < -0.3 is 10.1 Å². The number of esters is 1. The molecule has 1 fully saturated rings. The lowest BCUT2D eigenvalue weighted by atomic mass is 9.98. The molecule has 1 aliphatic heterocycles. The van der Waals surface area contributed by atoms with Crippen molar-refractivity contribution in [3.8, 4) is 0 Å². The van der Waals surface area contributed by atoms with Crippen LogP contribution in [0.25, 0.3) is 0 Å². The van der Waals surface area contributed by atoms with Gasteiger partial charge in [0.1, 0.15) is 4.90 Å². The first kappa shape index (κ1) is 23.2. The second kappa shape index (κ2) is 9.76. The fourth-order valence-electron chi connectivity index (χ4n) is 3.27. The van der Waals surface area contributed by atoms with Crippen LogP contribution in [0.1, 0.15) is 25.3 Å². The Kier molecular flexibility index (Phi) is 7.30. The summed E-state index contributed by atoms with van der Waals surface area (Å²) in [6.45, 7) is 3.71. The molecular weight excluding hydrogens is 442 g/mol. The zero-order chi connectivity index (χ0) is 22.6. The lowest BCUT2D eigenvalue weighted by Gasteiger charge is -2.30. The highest BCUT2D eigenvalue weighted by Crippen LogP contribution is 2.25. The number of sulfonamides is 1. The number of rotatable bonds is 6. The summed E-state index contributed by atoms with van der Waals surface area (Å²) in [6.07, 6.45) is 2.45. The van der Waals surface area contributed by atoms with Crippen molar-refractivity contribution < 1.29 is 22.7 Å². The molecule has 1 amide bonds. The average Bonchev–Trinajstić information content (AvgIpc) is 2.76. The molecule has 31 heavy (non-hydrogen) atoms. The van der Waals surface area contributed by atoms with E-state index in [0.717, 1.165) is 5.56 Å². The van der Waals surface area contributed by atoms with Gasteiger partial charge >= 0.3 is 5.97 Å². The molecule has 1 atom stereocenters. The topological polar surface area (TPSA) is 106 Å². The molecule has 10 heteroatoms. The van der Waals surface area contributed by atoms with Gasteiger partial charge in [0.05, 0.1) is 5.92 Å². The Morgan fingerprint density at radius 2 is 1.97 bits per heavy atom. The standard InChI is InChI=1S/C21H24ClN3O5S/c1-14-5-6-17(22)12-19(14)24-20(26)15(2)30-21(27)16-7-10-25(11-8-16)31(28,29)18-4-3-9-23-13-18/h3-6,9,12-13,15-16H,7-8,10-11H2,1-2H3,(H,24,26). The van der Waals surface area contributed by atoms with Crippen LogP contribution in [0.15, 0.2) is 47.6 Å². The molecule has 0 saturated carbocycles. The molecule has 1 aliphatic rings. The van der Waals surface area contributed by atoms with Crippen molar-refractivity contribution >= 4 is 39.2 Å². The fourth-order valence-corrected chi connectivity index (χ4v) is 4.87. The Bertz CT molecular complexity index is 1050. The van der Waals surface area contributed by atoms with Gasteiger partial charge in [-0.2, -0.15) is 4.31 Å². The Morgan fingerprint density at radius 1 is 1.26 bits per heavy atom. The molecule has 1 aromatic heterocycles. The number of nitrogens with zero attached hydrogens (tertiary/aromatic N) is 2. The van der Waals surface area contributed by atoms with Gasteiger partial charge in [-0.3, -0.25) is 14.6 Å². The third-order valence-electron chi connectivity index (χ3n) is 5.18. The van der Waals surface area contributed by atoms with Crippen LogP contribution in [0.5, 0.6) is 0 Å². The van der Waals surface area contributed by atoms with Crippen LogP contribution in [0.4, 0.5) is 5.69 Å². The van der Waals surface area contributed by atoms with Gasteiger partial charge in [-0.1, -0.05) is 17.7 Å². The number of amides is 1. The Hall–Kier alpha value is -2.49. The van der Waals surface area contributed by atoms with Crippen molar-refractivity contribution in [3.63, 3.8) is 0 Å². The summed E-state index contributed by atoms with van der Waals surface area (Å²) in [5.74, 6) is -1.44. The number of benzene rings is 1. The maximum atomic E-state index is 12.7. The van der Waals surface area contributed by atoms with Gasteiger partial charge in [0.25, 0.3) is 5.91 Å². The van der Waals surface area contributed by atoms with Crippen LogP contribution in [0.3, 0.4) is 0 Å². The third kappa shape index (κ3) is 5.61. The second-order valence-electron chi connectivity index (χ2n) is 7.39. The van der Waals surface area contributed by atoms with Crippen LogP contribution >= 0.6 is 11.6 Å².